The van der Waals surface area contributed by atoms with Gasteiger partial charge in [0.25, 0.3) is 0 Å². The number of sulfonamides is 1. The van der Waals surface area contributed by atoms with E-state index < -0.39 is 10.0 Å². The van der Waals surface area contributed by atoms with E-state index in [1.54, 1.807) is 24.3 Å². The van der Waals surface area contributed by atoms with Crippen LogP contribution in [0.25, 0.3) is 0 Å². The quantitative estimate of drug-likeness (QED) is 0.587. The van der Waals surface area contributed by atoms with Crippen LogP contribution in [0.3, 0.4) is 0 Å². The Balaban J connectivity index is 2.83. The van der Waals surface area contributed by atoms with Crippen LogP contribution in [0, 0.1) is 43.5 Å². The highest BCUT2D eigenvalue weighted by Crippen LogP contribution is 2.15. The highest BCUT2D eigenvalue weighted by Gasteiger charge is 2.22. The molecule has 0 saturated carbocycles. The minimum Gasteiger partial charge on any atom is -0.356 e. The van der Waals surface area contributed by atoms with Crippen molar-refractivity contribution < 1.29 is 13.2 Å². The van der Waals surface area contributed by atoms with E-state index in [9.17, 15) is 8.42 Å². The summed E-state index contributed by atoms with van der Waals surface area (Å²) >= 11 is 0. The van der Waals surface area contributed by atoms with Gasteiger partial charge < -0.3 is 4.74 Å². The summed E-state index contributed by atoms with van der Waals surface area (Å²) in [6.45, 7) is 2.16. The van der Waals surface area contributed by atoms with Gasteiger partial charge in [0.05, 0.1) is 18.0 Å². The summed E-state index contributed by atoms with van der Waals surface area (Å²) in [5, 5.41) is 0. The van der Waals surface area contributed by atoms with E-state index >= 15 is 0 Å². The van der Waals surface area contributed by atoms with Gasteiger partial charge in [0.1, 0.15) is 13.2 Å². The van der Waals surface area contributed by atoms with Crippen LogP contribution in [0.15, 0.2) is 29.2 Å². The second-order valence-electron chi connectivity index (χ2n) is 4.34. The van der Waals surface area contributed by atoms with E-state index in [0.717, 1.165) is 9.87 Å². The lowest BCUT2D eigenvalue weighted by molar-refractivity contribution is 0.204. The Labute approximate surface area is 132 Å². The zero-order valence-electron chi connectivity index (χ0n) is 12.4. The lowest BCUT2D eigenvalue weighted by Crippen LogP contribution is -2.32. The molecule has 0 atom stereocenters. The third kappa shape index (κ3) is 5.28. The smallest absolute Gasteiger partial charge is 0.244 e. The summed E-state index contributed by atoms with van der Waals surface area (Å²) < 4.78 is 31.1. The Bertz CT molecular complexity index is 725. The zero-order chi connectivity index (χ0) is 16.4. The van der Waals surface area contributed by atoms with Gasteiger partial charge >= 0.3 is 0 Å². The average molecular weight is 315 g/mol. The number of benzene rings is 1. The normalized spacial score (nSPS) is 10.4. The van der Waals surface area contributed by atoms with Crippen LogP contribution in [-0.2, 0) is 14.8 Å². The number of ether oxygens (including phenoxy) is 1. The van der Waals surface area contributed by atoms with Crippen LogP contribution in [0.2, 0.25) is 0 Å². The molecule has 0 aromatic heterocycles. The van der Waals surface area contributed by atoms with Gasteiger partial charge in [-0.1, -0.05) is 41.4 Å². The van der Waals surface area contributed by atoms with E-state index in [1.165, 1.54) is 0 Å². The van der Waals surface area contributed by atoms with Crippen LogP contribution >= 0.6 is 0 Å². The number of rotatable bonds is 6. The molecular weight excluding hydrogens is 298 g/mol. The standard InChI is InChI=1S/C17H17NO3S/c1-4-12-18(13-6-7-15-21-14-5-2)22(19,20)17-10-8-16(3)9-11-17/h1-2,8-11H,12-15H2,3H3. The summed E-state index contributed by atoms with van der Waals surface area (Å²) in [7, 11) is -3.66. The second kappa shape index (κ2) is 8.93. The molecule has 0 aliphatic carbocycles. The Morgan fingerprint density at radius 3 is 2.32 bits per heavy atom. The molecule has 1 aromatic rings. The first-order valence-electron chi connectivity index (χ1n) is 6.49. The molecule has 0 amide bonds. The highest BCUT2D eigenvalue weighted by molar-refractivity contribution is 7.89. The van der Waals surface area contributed by atoms with Gasteiger partial charge in [0, 0.05) is 0 Å². The van der Waals surface area contributed by atoms with E-state index in [4.69, 9.17) is 17.6 Å². The molecule has 0 N–H and O–H groups in total. The second-order valence-corrected chi connectivity index (χ2v) is 6.28. The van der Waals surface area contributed by atoms with Crippen molar-refractivity contribution in [3.8, 4) is 36.5 Å². The largest absolute Gasteiger partial charge is 0.356 e. The fourth-order valence-corrected chi connectivity index (χ4v) is 2.80. The number of hydrogen-bond acceptors (Lipinski definition) is 3. The molecule has 0 fully saturated rings. The molecule has 0 aliphatic heterocycles. The van der Waals surface area contributed by atoms with E-state index in [-0.39, 0.29) is 31.2 Å². The van der Waals surface area contributed by atoms with Crippen molar-refractivity contribution in [2.24, 2.45) is 0 Å². The molecule has 4 nitrogen and oxygen atoms in total. The van der Waals surface area contributed by atoms with Crippen molar-refractivity contribution in [1.82, 2.24) is 4.31 Å². The summed E-state index contributed by atoms with van der Waals surface area (Å²) in [5.74, 6) is 10.1. The van der Waals surface area contributed by atoms with Crippen LogP contribution in [0.1, 0.15) is 5.56 Å². The van der Waals surface area contributed by atoms with Crippen molar-refractivity contribution in [2.45, 2.75) is 11.8 Å². The lowest BCUT2D eigenvalue weighted by Gasteiger charge is -2.17. The Morgan fingerprint density at radius 1 is 1.05 bits per heavy atom. The molecule has 1 aromatic carbocycles. The molecule has 0 bridgehead atoms. The van der Waals surface area contributed by atoms with Gasteiger partial charge in [-0.05, 0) is 19.1 Å². The van der Waals surface area contributed by atoms with Gasteiger partial charge in [-0.25, -0.2) is 8.42 Å². The molecule has 0 aliphatic rings. The van der Waals surface area contributed by atoms with E-state index in [1.807, 2.05) is 6.92 Å². The molecule has 1 rings (SSSR count). The molecular formula is C17H17NO3S. The number of terminal acetylenes is 2. The first-order valence-corrected chi connectivity index (χ1v) is 7.93. The Kier molecular flexibility index (Phi) is 7.23. The monoisotopic (exact) mass is 315 g/mol. The molecule has 0 spiro atoms. The number of aryl methyl sites for hydroxylation is 1. The predicted octanol–water partition coefficient (Wildman–Crippen LogP) is 1.27. The van der Waals surface area contributed by atoms with Crippen LogP contribution in [0.4, 0.5) is 0 Å². The first-order chi connectivity index (χ1) is 10.5. The van der Waals surface area contributed by atoms with Gasteiger partial charge in [-0.3, -0.25) is 0 Å². The van der Waals surface area contributed by atoms with Gasteiger partial charge in [0.2, 0.25) is 10.0 Å². The fraction of sp³-hybridized carbons (Fsp3) is 0.294. The Morgan fingerprint density at radius 2 is 1.73 bits per heavy atom. The van der Waals surface area contributed by atoms with Gasteiger partial charge in [-0.15, -0.1) is 12.8 Å². The zero-order valence-corrected chi connectivity index (χ0v) is 13.2. The number of nitrogens with zero attached hydrogens (tertiary/aromatic N) is 1. The lowest BCUT2D eigenvalue weighted by atomic mass is 10.2. The van der Waals surface area contributed by atoms with Crippen molar-refractivity contribution in [3.05, 3.63) is 29.8 Å². The molecule has 114 valence electrons. The van der Waals surface area contributed by atoms with E-state index in [2.05, 4.69) is 23.7 Å². The minimum atomic E-state index is -3.66. The summed E-state index contributed by atoms with van der Waals surface area (Å²) in [6.07, 6.45) is 10.3. The molecule has 0 heterocycles. The summed E-state index contributed by atoms with van der Waals surface area (Å²) in [5.41, 5.74) is 0.980. The highest BCUT2D eigenvalue weighted by atomic mass is 32.2. The SMILES string of the molecule is C#CCOCC#CCN(CC#C)S(=O)(=O)c1ccc(C)cc1. The molecule has 5 heteroatoms. The van der Waals surface area contributed by atoms with Crippen LogP contribution < -0.4 is 0 Å². The van der Waals surface area contributed by atoms with Crippen LogP contribution in [-0.4, -0.2) is 39.0 Å². The first kappa shape index (κ1) is 17.8. The van der Waals surface area contributed by atoms with Crippen molar-refractivity contribution >= 4 is 10.0 Å². The van der Waals surface area contributed by atoms with Gasteiger partial charge in [-0.2, -0.15) is 4.31 Å². The summed E-state index contributed by atoms with van der Waals surface area (Å²) in [4.78, 5) is 0.193. The maximum atomic E-state index is 12.5. The van der Waals surface area contributed by atoms with Crippen molar-refractivity contribution in [2.75, 3.05) is 26.3 Å². The average Bonchev–Trinajstić information content (AvgIpc) is 2.50. The molecule has 0 radical (unpaired) electrons. The molecule has 0 saturated heterocycles. The fourth-order valence-electron chi connectivity index (χ4n) is 1.54. The summed E-state index contributed by atoms with van der Waals surface area (Å²) in [6, 6.07) is 6.58. The van der Waals surface area contributed by atoms with E-state index in [0.29, 0.717) is 0 Å². The van der Waals surface area contributed by atoms with Crippen LogP contribution in [0.5, 0.6) is 0 Å². The minimum absolute atomic E-state index is 0.000175. The van der Waals surface area contributed by atoms with Crippen molar-refractivity contribution in [3.63, 3.8) is 0 Å². The van der Waals surface area contributed by atoms with Gasteiger partial charge in [0.15, 0.2) is 0 Å². The topological polar surface area (TPSA) is 46.6 Å². The molecule has 22 heavy (non-hydrogen) atoms. The predicted molar refractivity (Wildman–Crippen MR) is 86.2 cm³/mol. The molecule has 0 unspecified atom stereocenters. The third-order valence-corrected chi connectivity index (χ3v) is 4.47. The number of hydrogen-bond donors (Lipinski definition) is 0. The maximum Gasteiger partial charge on any atom is 0.244 e. The third-order valence-electron chi connectivity index (χ3n) is 2.67. The maximum absolute atomic E-state index is 12.5. The van der Waals surface area contributed by atoms with Crippen molar-refractivity contribution in [1.29, 1.82) is 0 Å². The Hall–Kier alpha value is -2.23.